The molecular weight excluding hydrogens is 586 g/mol. The van der Waals surface area contributed by atoms with Gasteiger partial charge >= 0.3 is 12.2 Å². The lowest BCUT2D eigenvalue weighted by Gasteiger charge is -2.28. The smallest absolute Gasteiger partial charge is 0.425 e. The maximum atomic E-state index is 13.1. The van der Waals surface area contributed by atoms with Crippen molar-refractivity contribution < 1.29 is 23.5 Å². The summed E-state index contributed by atoms with van der Waals surface area (Å²) >= 11 is 6.69. The minimum absolute atomic E-state index is 0.00788. The zero-order valence-electron chi connectivity index (χ0n) is 20.1. The number of ether oxygens (including phenoxy) is 2. The summed E-state index contributed by atoms with van der Waals surface area (Å²) in [6, 6.07) is 7.54. The van der Waals surface area contributed by atoms with Crippen LogP contribution in [0.15, 0.2) is 39.5 Å². The molecular formula is C23H25Br2N5O5. The van der Waals surface area contributed by atoms with Crippen molar-refractivity contribution in [2.45, 2.75) is 58.1 Å². The highest BCUT2D eigenvalue weighted by Gasteiger charge is 2.37. The molecule has 0 N–H and O–H groups in total. The molecule has 3 rings (SSSR count). The summed E-state index contributed by atoms with van der Waals surface area (Å²) in [6.45, 7) is 10.1. The molecule has 0 atom stereocenters. The van der Waals surface area contributed by atoms with E-state index >= 15 is 0 Å². The zero-order valence-corrected chi connectivity index (χ0v) is 23.3. The molecule has 3 aromatic rings. The highest BCUT2D eigenvalue weighted by atomic mass is 79.9. The van der Waals surface area contributed by atoms with E-state index in [1.807, 2.05) is 24.3 Å². The molecule has 0 aliphatic carbocycles. The highest BCUT2D eigenvalue weighted by molar-refractivity contribution is 9.10. The summed E-state index contributed by atoms with van der Waals surface area (Å²) in [7, 11) is 0. The highest BCUT2D eigenvalue weighted by Crippen LogP contribution is 2.32. The molecule has 0 radical (unpaired) electrons. The topological polar surface area (TPSA) is 121 Å². The number of imide groups is 1. The Bertz CT molecular complexity index is 1210. The molecule has 2 amide bonds. The van der Waals surface area contributed by atoms with Gasteiger partial charge in [0.15, 0.2) is 11.5 Å². The monoisotopic (exact) mass is 609 g/mol. The van der Waals surface area contributed by atoms with Crippen LogP contribution in [0, 0.1) is 0 Å². The Morgan fingerprint density at radius 2 is 1.60 bits per heavy atom. The molecule has 1 aromatic carbocycles. The number of alkyl halides is 1. The molecule has 0 aliphatic rings. The van der Waals surface area contributed by atoms with Crippen LogP contribution < -0.4 is 4.90 Å². The number of carbonyl (C=O) groups is 2. The number of nitrogens with zero attached hydrogens (tertiary/aromatic N) is 5. The van der Waals surface area contributed by atoms with Crippen molar-refractivity contribution in [3.63, 3.8) is 0 Å². The van der Waals surface area contributed by atoms with E-state index in [0.717, 1.165) is 5.56 Å². The number of halogens is 2. The molecule has 12 heteroatoms. The second-order valence-corrected chi connectivity index (χ2v) is 10.8. The standard InChI is InChI=1S/C23H25Br2N5O5/c1-22(2,3)34-20(31)30(21(32)35-23(4,5)6)17-16(27-15(25)12-26-17)19-29-28-18(33-19)14-9-7-8-13(10-14)11-24/h7-10,12H,11H2,1-6H3. The fourth-order valence-corrected chi connectivity index (χ4v) is 3.38. The predicted octanol–water partition coefficient (Wildman–Crippen LogP) is 6.53. The van der Waals surface area contributed by atoms with E-state index in [4.69, 9.17) is 13.9 Å². The molecule has 0 unspecified atom stereocenters. The van der Waals surface area contributed by atoms with E-state index in [2.05, 4.69) is 52.0 Å². The number of hydrogen-bond acceptors (Lipinski definition) is 9. The van der Waals surface area contributed by atoms with Crippen LogP contribution in [-0.2, 0) is 14.8 Å². The predicted molar refractivity (Wildman–Crippen MR) is 136 cm³/mol. The fourth-order valence-electron chi connectivity index (χ4n) is 2.75. The van der Waals surface area contributed by atoms with E-state index in [1.54, 1.807) is 41.5 Å². The SMILES string of the molecule is CC(C)(C)OC(=O)N(C(=O)OC(C)(C)C)c1ncc(Br)nc1-c1nnc(-c2cccc(CBr)c2)o1. The molecule has 2 heterocycles. The van der Waals surface area contributed by atoms with Gasteiger partial charge in [-0.15, -0.1) is 10.2 Å². The maximum absolute atomic E-state index is 13.1. The van der Waals surface area contributed by atoms with Gasteiger partial charge in [0.2, 0.25) is 5.89 Å². The van der Waals surface area contributed by atoms with Gasteiger partial charge in [0.1, 0.15) is 15.8 Å². The number of amides is 2. The van der Waals surface area contributed by atoms with Crippen LogP contribution >= 0.6 is 31.9 Å². The Hall–Kier alpha value is -2.86. The van der Waals surface area contributed by atoms with Crippen LogP contribution in [0.2, 0.25) is 0 Å². The van der Waals surface area contributed by atoms with Crippen molar-refractivity contribution in [2.24, 2.45) is 0 Å². The molecule has 186 valence electrons. The summed E-state index contributed by atoms with van der Waals surface area (Å²) in [5, 5.41) is 8.86. The van der Waals surface area contributed by atoms with Gasteiger partial charge in [-0.25, -0.2) is 19.6 Å². The van der Waals surface area contributed by atoms with Crippen molar-refractivity contribution in [2.75, 3.05) is 4.90 Å². The molecule has 10 nitrogen and oxygen atoms in total. The zero-order chi connectivity index (χ0) is 26.0. The Kier molecular flexibility index (Phi) is 7.95. The molecule has 0 saturated carbocycles. The second-order valence-electron chi connectivity index (χ2n) is 9.41. The van der Waals surface area contributed by atoms with Crippen molar-refractivity contribution in [1.29, 1.82) is 0 Å². The van der Waals surface area contributed by atoms with Crippen LogP contribution in [0.1, 0.15) is 47.1 Å². The van der Waals surface area contributed by atoms with Crippen molar-refractivity contribution in [3.8, 4) is 23.0 Å². The van der Waals surface area contributed by atoms with Crippen LogP contribution in [0.3, 0.4) is 0 Å². The Labute approximate surface area is 219 Å². The van der Waals surface area contributed by atoms with Gasteiger partial charge in [0.25, 0.3) is 5.89 Å². The van der Waals surface area contributed by atoms with Gasteiger partial charge in [-0.2, -0.15) is 4.90 Å². The summed E-state index contributed by atoms with van der Waals surface area (Å²) in [6.07, 6.45) is -0.652. The van der Waals surface area contributed by atoms with E-state index < -0.39 is 23.4 Å². The third-order valence-corrected chi connectivity index (χ3v) is 5.07. The molecule has 0 bridgehead atoms. The number of carbonyl (C=O) groups excluding carboxylic acids is 2. The summed E-state index contributed by atoms with van der Waals surface area (Å²) in [4.78, 5) is 35.5. The average molecular weight is 611 g/mol. The normalized spacial score (nSPS) is 11.8. The number of rotatable bonds is 4. The van der Waals surface area contributed by atoms with E-state index in [1.165, 1.54) is 6.20 Å². The molecule has 35 heavy (non-hydrogen) atoms. The first kappa shape index (κ1) is 26.7. The molecule has 0 fully saturated rings. The largest absolute Gasteiger partial charge is 0.443 e. The third kappa shape index (κ3) is 7.07. The second kappa shape index (κ2) is 10.4. The maximum Gasteiger partial charge on any atom is 0.425 e. The van der Waals surface area contributed by atoms with Crippen LogP contribution in [-0.4, -0.2) is 43.6 Å². The van der Waals surface area contributed by atoms with Gasteiger partial charge in [0.05, 0.1) is 6.20 Å². The van der Waals surface area contributed by atoms with Crippen LogP contribution in [0.4, 0.5) is 15.4 Å². The quantitative estimate of drug-likeness (QED) is 0.304. The van der Waals surface area contributed by atoms with Gasteiger partial charge in [-0.3, -0.25) is 0 Å². The van der Waals surface area contributed by atoms with Gasteiger partial charge < -0.3 is 13.9 Å². The van der Waals surface area contributed by atoms with Crippen LogP contribution in [0.5, 0.6) is 0 Å². The lowest BCUT2D eigenvalue weighted by atomic mass is 10.1. The van der Waals surface area contributed by atoms with Gasteiger partial charge in [0, 0.05) is 10.9 Å². The van der Waals surface area contributed by atoms with Gasteiger partial charge in [-0.05, 0) is 75.2 Å². The first-order valence-corrected chi connectivity index (χ1v) is 12.5. The molecule has 0 spiro atoms. The number of hydrogen-bond donors (Lipinski definition) is 0. The fraction of sp³-hybridized carbons (Fsp3) is 0.391. The number of benzene rings is 1. The third-order valence-electron chi connectivity index (χ3n) is 4.04. The first-order valence-electron chi connectivity index (χ1n) is 10.5. The summed E-state index contributed by atoms with van der Waals surface area (Å²) in [5.41, 5.74) is -0.0735. The average Bonchev–Trinajstić information content (AvgIpc) is 3.22. The molecule has 0 saturated heterocycles. The Morgan fingerprint density at radius 1 is 1.00 bits per heavy atom. The Morgan fingerprint density at radius 3 is 2.17 bits per heavy atom. The van der Waals surface area contributed by atoms with Crippen LogP contribution in [0.25, 0.3) is 23.0 Å². The first-order chi connectivity index (χ1) is 16.3. The van der Waals surface area contributed by atoms with E-state index in [-0.39, 0.29) is 23.3 Å². The van der Waals surface area contributed by atoms with Crippen molar-refractivity contribution >= 4 is 49.9 Å². The van der Waals surface area contributed by atoms with E-state index in [9.17, 15) is 9.59 Å². The number of anilines is 1. The summed E-state index contributed by atoms with van der Waals surface area (Å²) in [5.74, 6) is 0.00267. The van der Waals surface area contributed by atoms with Crippen molar-refractivity contribution in [3.05, 3.63) is 40.6 Å². The lowest BCUT2D eigenvalue weighted by Crippen LogP contribution is -2.44. The molecule has 2 aromatic heterocycles. The minimum Gasteiger partial charge on any atom is -0.443 e. The van der Waals surface area contributed by atoms with Gasteiger partial charge in [-0.1, -0.05) is 28.1 Å². The Balaban J connectivity index is 2.11. The van der Waals surface area contributed by atoms with E-state index in [0.29, 0.717) is 20.4 Å². The summed E-state index contributed by atoms with van der Waals surface area (Å²) < 4.78 is 17.1. The number of aromatic nitrogens is 4. The lowest BCUT2D eigenvalue weighted by molar-refractivity contribution is 0.0429. The van der Waals surface area contributed by atoms with Crippen molar-refractivity contribution in [1.82, 2.24) is 20.2 Å². The molecule has 0 aliphatic heterocycles. The minimum atomic E-state index is -0.991.